The molecule has 9 heteroatoms. The molecule has 1 aromatic heterocycles. The third-order valence-corrected chi connectivity index (χ3v) is 8.44. The van der Waals surface area contributed by atoms with Gasteiger partial charge in [-0.15, -0.1) is 23.1 Å². The second-order valence-corrected chi connectivity index (χ2v) is 10.7. The van der Waals surface area contributed by atoms with Crippen molar-refractivity contribution in [1.29, 1.82) is 0 Å². The van der Waals surface area contributed by atoms with Gasteiger partial charge in [0.2, 0.25) is 0 Å². The molecule has 1 N–H and O–H groups in total. The lowest BCUT2D eigenvalue weighted by atomic mass is 10.1. The van der Waals surface area contributed by atoms with Crippen molar-refractivity contribution in [2.75, 3.05) is 19.6 Å². The number of methoxy groups -OCH3 is 1. The number of sulfonamides is 1. The summed E-state index contributed by atoms with van der Waals surface area (Å²) in [5.41, 5.74) is 0. The molecule has 4 aromatic rings. The number of esters is 1. The number of fused-ring (bicyclic) bond motifs is 2. The number of carbonyl (C=O) groups is 1. The van der Waals surface area contributed by atoms with E-state index in [1.54, 1.807) is 12.1 Å². The fourth-order valence-corrected chi connectivity index (χ4v) is 6.12. The Hall–Kier alpha value is -2.59. The first-order valence-electron chi connectivity index (χ1n) is 9.30. The van der Waals surface area contributed by atoms with Crippen LogP contribution in [0, 0.1) is 0 Å². The summed E-state index contributed by atoms with van der Waals surface area (Å²) in [6.45, 7) is -0.217. The minimum Gasteiger partial charge on any atom is -0.477 e. The van der Waals surface area contributed by atoms with Gasteiger partial charge in [0.1, 0.15) is 9.96 Å². The van der Waals surface area contributed by atoms with Crippen LogP contribution in [0.3, 0.4) is 0 Å². The van der Waals surface area contributed by atoms with Crippen molar-refractivity contribution < 1.29 is 22.7 Å². The van der Waals surface area contributed by atoms with E-state index >= 15 is 0 Å². The predicted molar refractivity (Wildman–Crippen MR) is 124 cm³/mol. The molecule has 1 heterocycles. The highest BCUT2D eigenvalue weighted by Crippen LogP contribution is 2.32. The van der Waals surface area contributed by atoms with E-state index in [4.69, 9.17) is 4.74 Å². The van der Waals surface area contributed by atoms with Gasteiger partial charge < -0.3 is 9.47 Å². The molecule has 160 valence electrons. The van der Waals surface area contributed by atoms with Gasteiger partial charge >= 0.3 is 5.97 Å². The molecule has 31 heavy (non-hydrogen) atoms. The molecule has 0 saturated heterocycles. The topological polar surface area (TPSA) is 81.7 Å². The Kier molecular flexibility index (Phi) is 6.47. The molecule has 0 amide bonds. The van der Waals surface area contributed by atoms with E-state index in [2.05, 4.69) is 9.46 Å². The Bertz CT molecular complexity index is 1310. The third-order valence-electron chi connectivity index (χ3n) is 4.53. The van der Waals surface area contributed by atoms with Crippen LogP contribution in [0.4, 0.5) is 0 Å². The van der Waals surface area contributed by atoms with Crippen LogP contribution >= 0.6 is 23.1 Å². The van der Waals surface area contributed by atoms with E-state index < -0.39 is 10.0 Å². The summed E-state index contributed by atoms with van der Waals surface area (Å²) in [4.78, 5) is 12.3. The second kappa shape index (κ2) is 9.27. The summed E-state index contributed by atoms with van der Waals surface area (Å²) in [5.74, 6) is 0.383. The highest BCUT2D eigenvalue weighted by molar-refractivity contribution is 8.00. The number of hydrogen-bond donors (Lipinski definition) is 1. The molecule has 6 nitrogen and oxygen atoms in total. The monoisotopic (exact) mass is 473 g/mol. The lowest BCUT2D eigenvalue weighted by Gasteiger charge is -2.12. The number of thiophene rings is 1. The van der Waals surface area contributed by atoms with Gasteiger partial charge in [0, 0.05) is 15.0 Å². The maximum Gasteiger partial charge on any atom is 0.315 e. The molecule has 0 saturated carbocycles. The largest absolute Gasteiger partial charge is 0.477 e. The van der Waals surface area contributed by atoms with Crippen molar-refractivity contribution in [3.63, 3.8) is 0 Å². The molecule has 0 unspecified atom stereocenters. The molecular formula is C22H19NO5S3. The summed E-state index contributed by atoms with van der Waals surface area (Å²) in [6, 6.07) is 20.6. The van der Waals surface area contributed by atoms with Crippen molar-refractivity contribution in [3.05, 3.63) is 66.7 Å². The fourth-order valence-electron chi connectivity index (χ4n) is 3.00. The summed E-state index contributed by atoms with van der Waals surface area (Å²) in [6.07, 6.45) is 0. The molecule has 0 radical (unpaired) electrons. The SMILES string of the molecule is COC(=O)CSc1cc(OCNS(=O)(=O)c2cc3ccccc3s2)c2ccccc2c1. The molecule has 0 bridgehead atoms. The highest BCUT2D eigenvalue weighted by Gasteiger charge is 2.17. The summed E-state index contributed by atoms with van der Waals surface area (Å²) in [7, 11) is -2.36. The second-order valence-electron chi connectivity index (χ2n) is 6.55. The summed E-state index contributed by atoms with van der Waals surface area (Å²) < 4.78 is 39.5. The number of nitrogens with one attached hydrogen (secondary N) is 1. The average Bonchev–Trinajstić information content (AvgIpc) is 3.23. The number of benzene rings is 3. The zero-order valence-electron chi connectivity index (χ0n) is 16.5. The highest BCUT2D eigenvalue weighted by atomic mass is 32.2. The van der Waals surface area contributed by atoms with Crippen molar-refractivity contribution in [2.24, 2.45) is 0 Å². The lowest BCUT2D eigenvalue weighted by Crippen LogP contribution is -2.27. The van der Waals surface area contributed by atoms with Crippen LogP contribution in [-0.4, -0.2) is 34.0 Å². The normalized spacial score (nSPS) is 11.6. The van der Waals surface area contributed by atoms with Crippen LogP contribution in [0.2, 0.25) is 0 Å². The number of hydrogen-bond acceptors (Lipinski definition) is 7. The van der Waals surface area contributed by atoms with E-state index in [1.807, 2.05) is 54.6 Å². The van der Waals surface area contributed by atoms with E-state index in [9.17, 15) is 13.2 Å². The lowest BCUT2D eigenvalue weighted by molar-refractivity contribution is -0.137. The Morgan fingerprint density at radius 1 is 1.03 bits per heavy atom. The van der Waals surface area contributed by atoms with Crippen LogP contribution < -0.4 is 9.46 Å². The zero-order chi connectivity index (χ0) is 21.8. The smallest absolute Gasteiger partial charge is 0.315 e. The van der Waals surface area contributed by atoms with Gasteiger partial charge in [0.25, 0.3) is 10.0 Å². The molecule has 0 aliphatic heterocycles. The quantitative estimate of drug-likeness (QED) is 0.228. The van der Waals surface area contributed by atoms with Crippen LogP contribution in [-0.2, 0) is 19.6 Å². The van der Waals surface area contributed by atoms with Crippen molar-refractivity contribution in [3.8, 4) is 5.75 Å². The van der Waals surface area contributed by atoms with Crippen LogP contribution in [0.25, 0.3) is 20.9 Å². The number of ether oxygens (including phenoxy) is 2. The maximum absolute atomic E-state index is 12.7. The first-order valence-corrected chi connectivity index (χ1v) is 12.6. The Morgan fingerprint density at radius 2 is 1.77 bits per heavy atom. The van der Waals surface area contributed by atoms with Crippen LogP contribution in [0.5, 0.6) is 5.75 Å². The van der Waals surface area contributed by atoms with Gasteiger partial charge in [-0.2, -0.15) is 4.72 Å². The molecule has 0 atom stereocenters. The number of rotatable bonds is 8. The van der Waals surface area contributed by atoms with Gasteiger partial charge in [0.15, 0.2) is 6.73 Å². The molecule has 0 aliphatic carbocycles. The standard InChI is InChI=1S/C22H19NO5S3/c1-27-21(24)13-29-17-10-15-6-2-4-8-18(15)19(12-17)28-14-23-31(25,26)22-11-16-7-3-5-9-20(16)30-22/h2-12,23H,13-14H2,1H3. The number of carbonyl (C=O) groups excluding carboxylic acids is 1. The summed E-state index contributed by atoms with van der Waals surface area (Å²) in [5, 5.41) is 2.67. The van der Waals surface area contributed by atoms with Crippen LogP contribution in [0.1, 0.15) is 0 Å². The van der Waals surface area contributed by atoms with Gasteiger partial charge in [-0.05, 0) is 35.0 Å². The van der Waals surface area contributed by atoms with Crippen molar-refractivity contribution in [1.82, 2.24) is 4.72 Å². The van der Waals surface area contributed by atoms with E-state index in [0.717, 1.165) is 25.8 Å². The summed E-state index contributed by atoms with van der Waals surface area (Å²) >= 11 is 2.54. The molecule has 0 aliphatic rings. The molecule has 0 fully saturated rings. The Balaban J connectivity index is 1.51. The maximum atomic E-state index is 12.7. The average molecular weight is 474 g/mol. The fraction of sp³-hybridized carbons (Fsp3) is 0.136. The van der Waals surface area contributed by atoms with E-state index in [0.29, 0.717) is 5.75 Å². The Morgan fingerprint density at radius 3 is 2.55 bits per heavy atom. The molecule has 4 rings (SSSR count). The predicted octanol–water partition coefficient (Wildman–Crippen LogP) is 4.63. The van der Waals surface area contributed by atoms with Gasteiger partial charge in [-0.25, -0.2) is 8.42 Å². The van der Waals surface area contributed by atoms with Gasteiger partial charge in [-0.1, -0.05) is 42.5 Å². The van der Waals surface area contributed by atoms with Gasteiger partial charge in [-0.3, -0.25) is 4.79 Å². The first-order chi connectivity index (χ1) is 15.0. The number of thioether (sulfide) groups is 1. The minimum atomic E-state index is -3.70. The van der Waals surface area contributed by atoms with Crippen molar-refractivity contribution >= 4 is 59.9 Å². The van der Waals surface area contributed by atoms with E-state index in [1.165, 1.54) is 30.2 Å². The molecular weight excluding hydrogens is 454 g/mol. The minimum absolute atomic E-state index is 0.173. The first kappa shape index (κ1) is 21.6. The van der Waals surface area contributed by atoms with Crippen molar-refractivity contribution in [2.45, 2.75) is 9.10 Å². The van der Waals surface area contributed by atoms with Gasteiger partial charge in [0.05, 0.1) is 12.9 Å². The molecule has 3 aromatic carbocycles. The van der Waals surface area contributed by atoms with Crippen LogP contribution in [0.15, 0.2) is 75.8 Å². The van der Waals surface area contributed by atoms with E-state index in [-0.39, 0.29) is 22.7 Å². The Labute approximate surface area is 188 Å². The third kappa shape index (κ3) is 5.01. The molecule has 0 spiro atoms. The zero-order valence-corrected chi connectivity index (χ0v) is 19.0.